The Bertz CT molecular complexity index is 1310. The van der Waals surface area contributed by atoms with E-state index in [-0.39, 0.29) is 11.4 Å². The standard InChI is InChI=1S/C24H19F3N4O5/c1-30-18-9-6-15(3-2-14-4-7-16(8-5-14)21(28)29)12-17(18)22(34)31(13-19(30)32)11-10-20(33)36-23(35)24(25,26)27/h4-9,12H,10-11,13H2,1H3,(H3,28,29). The van der Waals surface area contributed by atoms with E-state index in [2.05, 4.69) is 16.6 Å². The molecule has 186 valence electrons. The van der Waals surface area contributed by atoms with Crippen LogP contribution in [0.4, 0.5) is 18.9 Å². The lowest BCUT2D eigenvalue weighted by atomic mass is 10.1. The number of likely N-dealkylation sites (N-methyl/N-ethyl adjacent to an activating group) is 1. The van der Waals surface area contributed by atoms with Crippen molar-refractivity contribution in [1.29, 1.82) is 5.41 Å². The van der Waals surface area contributed by atoms with Gasteiger partial charge in [0.05, 0.1) is 17.7 Å². The number of benzene rings is 2. The van der Waals surface area contributed by atoms with Crippen LogP contribution in [-0.4, -0.2) is 60.8 Å². The lowest BCUT2D eigenvalue weighted by Crippen LogP contribution is -2.39. The molecule has 0 radical (unpaired) electrons. The molecule has 0 saturated heterocycles. The van der Waals surface area contributed by atoms with Crippen molar-refractivity contribution in [3.8, 4) is 11.8 Å². The van der Waals surface area contributed by atoms with Crippen LogP contribution in [0.3, 0.4) is 0 Å². The third-order valence-corrected chi connectivity index (χ3v) is 5.15. The second-order valence-electron chi connectivity index (χ2n) is 7.66. The van der Waals surface area contributed by atoms with Crippen molar-refractivity contribution >= 4 is 35.3 Å². The molecule has 9 nitrogen and oxygen atoms in total. The van der Waals surface area contributed by atoms with Gasteiger partial charge in [-0.25, -0.2) is 4.79 Å². The van der Waals surface area contributed by atoms with Crippen molar-refractivity contribution in [2.24, 2.45) is 5.73 Å². The highest BCUT2D eigenvalue weighted by Gasteiger charge is 2.42. The topological polar surface area (TPSA) is 134 Å². The zero-order valence-corrected chi connectivity index (χ0v) is 18.8. The number of esters is 2. The van der Waals surface area contributed by atoms with Gasteiger partial charge in [0.25, 0.3) is 5.91 Å². The molecular formula is C24H19F3N4O5. The highest BCUT2D eigenvalue weighted by atomic mass is 19.4. The molecule has 3 N–H and O–H groups in total. The van der Waals surface area contributed by atoms with Gasteiger partial charge < -0.3 is 20.3 Å². The SMILES string of the molecule is CN1C(=O)CN(CCC(=O)OC(=O)C(F)(F)F)C(=O)c2cc(C#Cc3ccc(C(=N)N)cc3)ccc21. The number of nitrogen functional groups attached to an aromatic ring is 1. The second kappa shape index (κ2) is 10.3. The summed E-state index contributed by atoms with van der Waals surface area (Å²) in [7, 11) is 1.45. The molecule has 0 bridgehead atoms. The number of halogens is 3. The van der Waals surface area contributed by atoms with Gasteiger partial charge in [-0.05, 0) is 30.3 Å². The lowest BCUT2D eigenvalue weighted by Gasteiger charge is -2.19. The third-order valence-electron chi connectivity index (χ3n) is 5.15. The average molecular weight is 500 g/mol. The Morgan fingerprint density at radius 2 is 1.69 bits per heavy atom. The predicted molar refractivity (Wildman–Crippen MR) is 121 cm³/mol. The number of carbonyl (C=O) groups is 4. The first-order chi connectivity index (χ1) is 16.9. The fraction of sp³-hybridized carbons (Fsp3) is 0.208. The van der Waals surface area contributed by atoms with Crippen LogP contribution in [0.15, 0.2) is 42.5 Å². The van der Waals surface area contributed by atoms with Crippen molar-refractivity contribution in [2.45, 2.75) is 12.6 Å². The fourth-order valence-corrected chi connectivity index (χ4v) is 3.22. The number of nitrogens with zero attached hydrogens (tertiary/aromatic N) is 2. The van der Waals surface area contributed by atoms with Crippen LogP contribution in [0.2, 0.25) is 0 Å². The number of alkyl halides is 3. The molecule has 2 amide bonds. The molecular weight excluding hydrogens is 481 g/mol. The van der Waals surface area contributed by atoms with Crippen LogP contribution in [0.5, 0.6) is 0 Å². The molecule has 0 fully saturated rings. The number of hydrogen-bond donors (Lipinski definition) is 2. The summed E-state index contributed by atoms with van der Waals surface area (Å²) in [6, 6.07) is 11.2. The number of nitrogens with one attached hydrogen (secondary N) is 1. The van der Waals surface area contributed by atoms with Crippen LogP contribution >= 0.6 is 0 Å². The smallest absolute Gasteiger partial charge is 0.386 e. The minimum absolute atomic E-state index is 0.0813. The summed E-state index contributed by atoms with van der Waals surface area (Å²) < 4.78 is 40.5. The van der Waals surface area contributed by atoms with Gasteiger partial charge in [-0.2, -0.15) is 13.2 Å². The Hall–Kier alpha value is -4.66. The molecule has 0 spiro atoms. The van der Waals surface area contributed by atoms with E-state index in [1.165, 1.54) is 24.1 Å². The fourth-order valence-electron chi connectivity index (χ4n) is 3.22. The molecule has 3 rings (SSSR count). The van der Waals surface area contributed by atoms with Gasteiger partial charge in [0.15, 0.2) is 0 Å². The van der Waals surface area contributed by atoms with Crippen LogP contribution in [0, 0.1) is 17.3 Å². The largest absolute Gasteiger partial charge is 0.491 e. The Balaban J connectivity index is 1.81. The molecule has 1 aliphatic heterocycles. The number of carbonyl (C=O) groups excluding carboxylic acids is 4. The van der Waals surface area contributed by atoms with E-state index in [4.69, 9.17) is 11.1 Å². The van der Waals surface area contributed by atoms with Gasteiger partial charge in [-0.1, -0.05) is 24.0 Å². The second-order valence-corrected chi connectivity index (χ2v) is 7.66. The van der Waals surface area contributed by atoms with Gasteiger partial charge in [-0.15, -0.1) is 0 Å². The molecule has 2 aromatic rings. The maximum atomic E-state index is 13.1. The van der Waals surface area contributed by atoms with Gasteiger partial charge >= 0.3 is 18.1 Å². The molecule has 0 aliphatic carbocycles. The number of nitrogens with two attached hydrogens (primary N) is 1. The van der Waals surface area contributed by atoms with Crippen molar-refractivity contribution in [3.63, 3.8) is 0 Å². The zero-order valence-electron chi connectivity index (χ0n) is 18.8. The number of fused-ring (bicyclic) bond motifs is 1. The summed E-state index contributed by atoms with van der Waals surface area (Å²) in [6.45, 7) is -0.881. The highest BCUT2D eigenvalue weighted by Crippen LogP contribution is 2.26. The van der Waals surface area contributed by atoms with Gasteiger partial charge in [-0.3, -0.25) is 19.8 Å². The quantitative estimate of drug-likeness (QED) is 0.216. The van der Waals surface area contributed by atoms with Crippen LogP contribution in [0.25, 0.3) is 0 Å². The summed E-state index contributed by atoms with van der Waals surface area (Å²) in [6.07, 6.45) is -6.06. The predicted octanol–water partition coefficient (Wildman–Crippen LogP) is 1.81. The number of hydrogen-bond acceptors (Lipinski definition) is 6. The van der Waals surface area contributed by atoms with Crippen molar-refractivity contribution in [2.75, 3.05) is 25.0 Å². The van der Waals surface area contributed by atoms with E-state index in [9.17, 15) is 32.3 Å². The Kier molecular flexibility index (Phi) is 7.43. The Morgan fingerprint density at radius 3 is 2.31 bits per heavy atom. The molecule has 0 saturated carbocycles. The lowest BCUT2D eigenvalue weighted by molar-refractivity contribution is -0.201. The Morgan fingerprint density at radius 1 is 1.08 bits per heavy atom. The molecule has 0 aromatic heterocycles. The molecule has 2 aromatic carbocycles. The molecule has 1 heterocycles. The number of amidine groups is 1. The minimum Gasteiger partial charge on any atom is -0.386 e. The molecule has 12 heteroatoms. The van der Waals surface area contributed by atoms with E-state index < -0.39 is 49.4 Å². The molecule has 36 heavy (non-hydrogen) atoms. The summed E-state index contributed by atoms with van der Waals surface area (Å²) in [4.78, 5) is 50.3. The van der Waals surface area contributed by atoms with Crippen LogP contribution < -0.4 is 10.6 Å². The summed E-state index contributed by atoms with van der Waals surface area (Å²) in [5.41, 5.74) is 7.42. The molecule has 0 atom stereocenters. The first-order valence-electron chi connectivity index (χ1n) is 10.3. The van der Waals surface area contributed by atoms with Gasteiger partial charge in [0.2, 0.25) is 5.91 Å². The number of anilines is 1. The van der Waals surface area contributed by atoms with E-state index in [1.54, 1.807) is 30.3 Å². The minimum atomic E-state index is -5.33. The Labute approximate surface area is 203 Å². The van der Waals surface area contributed by atoms with Gasteiger partial charge in [0.1, 0.15) is 12.4 Å². The summed E-state index contributed by atoms with van der Waals surface area (Å²) >= 11 is 0. The van der Waals surface area contributed by atoms with E-state index in [0.29, 0.717) is 22.4 Å². The first-order valence-corrected chi connectivity index (χ1v) is 10.3. The maximum Gasteiger partial charge on any atom is 0.491 e. The van der Waals surface area contributed by atoms with Crippen LogP contribution in [-0.2, 0) is 19.1 Å². The van der Waals surface area contributed by atoms with Crippen molar-refractivity contribution in [3.05, 3.63) is 64.7 Å². The van der Waals surface area contributed by atoms with Gasteiger partial charge in [0, 0.05) is 30.3 Å². The zero-order chi connectivity index (χ0) is 26.6. The summed E-state index contributed by atoms with van der Waals surface area (Å²) in [5, 5.41) is 7.41. The molecule has 1 aliphatic rings. The molecule has 0 unspecified atom stereocenters. The normalized spacial score (nSPS) is 13.3. The van der Waals surface area contributed by atoms with E-state index >= 15 is 0 Å². The van der Waals surface area contributed by atoms with Crippen molar-refractivity contribution < 1.29 is 37.1 Å². The summed E-state index contributed by atoms with van der Waals surface area (Å²) in [5.74, 6) is 0.455. The number of ether oxygens (including phenoxy) is 1. The first kappa shape index (κ1) is 26.0. The third kappa shape index (κ3) is 6.06. The monoisotopic (exact) mass is 500 g/mol. The van der Waals surface area contributed by atoms with Crippen molar-refractivity contribution in [1.82, 2.24) is 4.90 Å². The highest BCUT2D eigenvalue weighted by molar-refractivity contribution is 6.09. The number of rotatable bonds is 4. The number of amides is 2. The van der Waals surface area contributed by atoms with E-state index in [1.807, 2.05) is 0 Å². The maximum absolute atomic E-state index is 13.1. The average Bonchev–Trinajstić information content (AvgIpc) is 2.91. The van der Waals surface area contributed by atoms with E-state index in [0.717, 1.165) is 4.90 Å². The van der Waals surface area contributed by atoms with Crippen LogP contribution in [0.1, 0.15) is 33.5 Å².